The molecule has 2 aliphatic rings. The van der Waals surface area contributed by atoms with E-state index in [1.807, 2.05) is 0 Å². The Kier molecular flexibility index (Phi) is 12.4. The van der Waals surface area contributed by atoms with Gasteiger partial charge in [0.15, 0.2) is 23.0 Å². The zero-order valence-electron chi connectivity index (χ0n) is 30.7. The van der Waals surface area contributed by atoms with Gasteiger partial charge < -0.3 is 19.3 Å². The summed E-state index contributed by atoms with van der Waals surface area (Å²) in [4.78, 5) is 25.7. The molecule has 2 aliphatic heterocycles. The van der Waals surface area contributed by atoms with E-state index in [0.29, 0.717) is 26.2 Å². The Labute approximate surface area is 353 Å². The molecule has 0 spiro atoms. The molecule has 4 aromatic carbocycles. The number of fused-ring (bicyclic) bond motifs is 2. The van der Waals surface area contributed by atoms with Crippen LogP contribution in [0.1, 0.15) is 25.7 Å². The van der Waals surface area contributed by atoms with Crippen molar-refractivity contribution in [1.82, 2.24) is 18.7 Å². The van der Waals surface area contributed by atoms with Gasteiger partial charge in [0, 0.05) is 49.4 Å². The van der Waals surface area contributed by atoms with Gasteiger partial charge in [-0.2, -0.15) is 0 Å². The summed E-state index contributed by atoms with van der Waals surface area (Å²) in [5, 5.41) is 10.0. The van der Waals surface area contributed by atoms with E-state index in [4.69, 9.17) is 60.6 Å². The summed E-state index contributed by atoms with van der Waals surface area (Å²) in [6.45, 7) is 5.84. The molecule has 6 aromatic rings. The van der Waals surface area contributed by atoms with Crippen LogP contribution >= 0.6 is 46.4 Å². The van der Waals surface area contributed by atoms with Crippen molar-refractivity contribution in [1.29, 1.82) is 0 Å². The first-order valence-corrected chi connectivity index (χ1v) is 19.6. The molecule has 308 valence electrons. The summed E-state index contributed by atoms with van der Waals surface area (Å²) in [5.74, 6) is -2.76. The molecule has 18 heteroatoms. The first kappa shape index (κ1) is 41.9. The van der Waals surface area contributed by atoms with Gasteiger partial charge in [0.25, 0.3) is 11.1 Å². The molecular weight excluding hydrogens is 862 g/mol. The molecule has 0 saturated carbocycles. The maximum Gasteiger partial charge on any atom is 0.276 e. The van der Waals surface area contributed by atoms with E-state index in [2.05, 4.69) is 6.58 Å². The van der Waals surface area contributed by atoms with Crippen LogP contribution in [0.15, 0.2) is 82.9 Å². The van der Waals surface area contributed by atoms with E-state index in [1.165, 1.54) is 45.8 Å². The zero-order valence-corrected chi connectivity index (χ0v) is 33.7. The van der Waals surface area contributed by atoms with Crippen LogP contribution in [-0.2, 0) is 26.2 Å². The summed E-state index contributed by atoms with van der Waals surface area (Å²) < 4.78 is 79.3. The lowest BCUT2D eigenvalue weighted by Crippen LogP contribution is -2.27. The van der Waals surface area contributed by atoms with E-state index in [0.717, 1.165) is 56.0 Å². The molecule has 4 heterocycles. The van der Waals surface area contributed by atoms with Crippen molar-refractivity contribution in [3.63, 3.8) is 0 Å². The van der Waals surface area contributed by atoms with Crippen molar-refractivity contribution < 1.29 is 36.9 Å². The maximum atomic E-state index is 14.8. The molecule has 0 fully saturated rings. The largest absolute Gasteiger partial charge is 0.504 e. The molecule has 0 bridgehead atoms. The van der Waals surface area contributed by atoms with Crippen LogP contribution in [-0.4, -0.2) is 30.4 Å². The summed E-state index contributed by atoms with van der Waals surface area (Å²) >= 11 is 25.1. The van der Waals surface area contributed by atoms with Crippen molar-refractivity contribution in [2.24, 2.45) is 0 Å². The lowest BCUT2D eigenvalue weighted by Gasteiger charge is -2.17. The molecule has 2 aromatic heterocycles. The van der Waals surface area contributed by atoms with Gasteiger partial charge in [-0.25, -0.2) is 26.9 Å². The van der Waals surface area contributed by atoms with Gasteiger partial charge in [-0.05, 0) is 74.2 Å². The lowest BCUT2D eigenvalue weighted by molar-refractivity contribution is 0.337. The number of hydrogen-bond donors (Lipinski definition) is 1. The Balaban J connectivity index is 0.000000180. The second-order valence-electron chi connectivity index (χ2n) is 13.4. The topological polar surface area (TPSA) is 102 Å². The van der Waals surface area contributed by atoms with Crippen LogP contribution in [0.5, 0.6) is 34.5 Å². The van der Waals surface area contributed by atoms with Crippen molar-refractivity contribution in [2.75, 3.05) is 6.61 Å². The van der Waals surface area contributed by atoms with Crippen LogP contribution in [0.3, 0.4) is 0 Å². The zero-order chi connectivity index (χ0) is 42.1. The van der Waals surface area contributed by atoms with E-state index < -0.39 is 34.6 Å². The van der Waals surface area contributed by atoms with Crippen molar-refractivity contribution in [2.45, 2.75) is 51.9 Å². The van der Waals surface area contributed by atoms with E-state index in [-0.39, 0.29) is 83.5 Å². The highest BCUT2D eigenvalue weighted by Gasteiger charge is 2.27. The van der Waals surface area contributed by atoms with Gasteiger partial charge in [0.1, 0.15) is 51.7 Å². The number of benzene rings is 4. The van der Waals surface area contributed by atoms with Crippen molar-refractivity contribution in [3.8, 4) is 56.8 Å². The molecular formula is C41H32Cl4F4N4O6. The summed E-state index contributed by atoms with van der Waals surface area (Å²) in [6.07, 6.45) is 4.93. The van der Waals surface area contributed by atoms with Gasteiger partial charge in [0.05, 0.1) is 21.2 Å². The number of hydrogen-bond acceptors (Lipinski definition) is 6. The molecule has 0 aliphatic carbocycles. The third-order valence-corrected chi connectivity index (χ3v) is 10.9. The SMILES string of the molecule is C=CCOc1cc(F)ccc1Oc1cc(-c2c(Cl)n3n(c2=O)CCCC3)c(F)cc1Cl.O=c1c(-c2cc(Oc3ccc(F)cc3O)c(Cl)cc2F)c(Cl)n2n1CCCC2. The molecule has 0 saturated heterocycles. The summed E-state index contributed by atoms with van der Waals surface area (Å²) in [6, 6.07) is 11.5. The van der Waals surface area contributed by atoms with Crippen LogP contribution < -0.4 is 25.3 Å². The highest BCUT2D eigenvalue weighted by molar-refractivity contribution is 6.34. The molecule has 10 nitrogen and oxygen atoms in total. The molecule has 0 amide bonds. The minimum absolute atomic E-state index is 0.00962. The minimum atomic E-state index is -0.733. The third kappa shape index (κ3) is 8.45. The molecule has 8 rings (SSSR count). The number of ether oxygens (including phenoxy) is 3. The number of aromatic hydroxyl groups is 1. The fraction of sp³-hybridized carbons (Fsp3) is 0.220. The molecule has 0 radical (unpaired) electrons. The number of nitrogens with zero attached hydrogens (tertiary/aromatic N) is 4. The van der Waals surface area contributed by atoms with Gasteiger partial charge >= 0.3 is 0 Å². The van der Waals surface area contributed by atoms with Crippen LogP contribution in [0, 0.1) is 23.3 Å². The predicted molar refractivity (Wildman–Crippen MR) is 217 cm³/mol. The Hall–Kier alpha value is -5.28. The van der Waals surface area contributed by atoms with E-state index in [1.54, 1.807) is 9.36 Å². The average Bonchev–Trinajstić information content (AvgIpc) is 3.61. The quantitative estimate of drug-likeness (QED) is 0.115. The standard InChI is InChI=1S/C22H18Cl2F2N2O3.C19H14Cl2F2N2O3/c1-2-9-30-19-10-13(25)5-6-17(19)31-18-11-14(16(26)12-15(18)23)20-21(24)27-7-3-4-8-28(27)22(20)29;20-12-9-13(23)11(8-16(12)28-15-4-3-10(22)7-14(15)26)17-18(21)24-5-1-2-6-25(24)19(17)27/h2,5-6,10-12H,1,3-4,7-9H2;3-4,7-9,26H,1-2,5-6H2. The Morgan fingerprint density at radius 1 is 0.593 bits per heavy atom. The highest BCUT2D eigenvalue weighted by Crippen LogP contribution is 2.42. The lowest BCUT2D eigenvalue weighted by atomic mass is 10.1. The normalized spacial score (nSPS) is 13.2. The van der Waals surface area contributed by atoms with Crippen molar-refractivity contribution >= 4 is 46.4 Å². The smallest absolute Gasteiger partial charge is 0.276 e. The maximum absolute atomic E-state index is 14.8. The minimum Gasteiger partial charge on any atom is -0.504 e. The fourth-order valence-corrected chi connectivity index (χ4v) is 7.84. The Morgan fingerprint density at radius 3 is 1.49 bits per heavy atom. The Bertz CT molecular complexity index is 2730. The second kappa shape index (κ2) is 17.5. The van der Waals surface area contributed by atoms with E-state index in [9.17, 15) is 32.3 Å². The molecule has 1 N–H and O–H groups in total. The van der Waals surface area contributed by atoms with Crippen molar-refractivity contribution in [3.05, 3.63) is 138 Å². The molecule has 0 unspecified atom stereocenters. The molecule has 0 atom stereocenters. The van der Waals surface area contributed by atoms with Gasteiger partial charge in [-0.3, -0.25) is 19.0 Å². The first-order chi connectivity index (χ1) is 28.3. The summed E-state index contributed by atoms with van der Waals surface area (Å²) in [7, 11) is 0. The first-order valence-electron chi connectivity index (χ1n) is 18.1. The van der Waals surface area contributed by atoms with Crippen LogP contribution in [0.4, 0.5) is 17.6 Å². The number of halogens is 8. The number of phenolic OH excluding ortho intramolecular Hbond substituents is 1. The number of aromatic nitrogens is 4. The van der Waals surface area contributed by atoms with Crippen LogP contribution in [0.2, 0.25) is 20.4 Å². The van der Waals surface area contributed by atoms with Gasteiger partial charge in [0.2, 0.25) is 0 Å². The second-order valence-corrected chi connectivity index (χ2v) is 14.9. The number of phenols is 1. The average molecular weight is 895 g/mol. The fourth-order valence-electron chi connectivity index (χ4n) is 6.74. The van der Waals surface area contributed by atoms with Crippen LogP contribution in [0.25, 0.3) is 22.3 Å². The molecule has 59 heavy (non-hydrogen) atoms. The van der Waals surface area contributed by atoms with E-state index >= 15 is 0 Å². The number of rotatable bonds is 9. The van der Waals surface area contributed by atoms with Gasteiger partial charge in [-0.15, -0.1) is 0 Å². The summed E-state index contributed by atoms with van der Waals surface area (Å²) in [5.41, 5.74) is -0.809. The predicted octanol–water partition coefficient (Wildman–Crippen LogP) is 11.2. The monoisotopic (exact) mass is 892 g/mol. The Morgan fingerprint density at radius 2 is 1.03 bits per heavy atom. The van der Waals surface area contributed by atoms with Gasteiger partial charge in [-0.1, -0.05) is 59.1 Å². The highest BCUT2D eigenvalue weighted by atomic mass is 35.5. The third-order valence-electron chi connectivity index (χ3n) is 9.53.